The van der Waals surface area contributed by atoms with E-state index in [1.807, 2.05) is 6.33 Å². The quantitative estimate of drug-likeness (QED) is 0.860. The van der Waals surface area contributed by atoms with Gasteiger partial charge in [-0.05, 0) is 38.9 Å². The van der Waals surface area contributed by atoms with Gasteiger partial charge in [-0.3, -0.25) is 9.80 Å². The van der Waals surface area contributed by atoms with Crippen molar-refractivity contribution in [2.75, 3.05) is 32.7 Å². The largest absolute Gasteiger partial charge is 0.336 e. The van der Waals surface area contributed by atoms with Crippen LogP contribution in [0, 0.1) is 0 Å². The Morgan fingerprint density at radius 3 is 3.05 bits per heavy atom. The van der Waals surface area contributed by atoms with E-state index in [9.17, 15) is 0 Å². The van der Waals surface area contributed by atoms with E-state index < -0.39 is 0 Å². The molecule has 3 heterocycles. The Kier molecular flexibility index (Phi) is 4.15. The third-order valence-electron chi connectivity index (χ3n) is 4.35. The minimum atomic E-state index is 0.677. The SMILES string of the molecule is NCCn1cnc(CN2CCCN3CCCC3C2)c1. The van der Waals surface area contributed by atoms with Gasteiger partial charge in [0, 0.05) is 38.4 Å². The van der Waals surface area contributed by atoms with E-state index in [1.54, 1.807) is 0 Å². The van der Waals surface area contributed by atoms with Crippen LogP contribution in [0.4, 0.5) is 0 Å². The zero-order valence-corrected chi connectivity index (χ0v) is 11.7. The van der Waals surface area contributed by atoms with E-state index in [1.165, 1.54) is 51.1 Å². The lowest BCUT2D eigenvalue weighted by molar-refractivity contribution is 0.214. The van der Waals surface area contributed by atoms with Crippen LogP contribution in [0.2, 0.25) is 0 Å². The van der Waals surface area contributed by atoms with E-state index in [0.717, 1.165) is 19.1 Å². The number of rotatable bonds is 4. The average molecular weight is 263 g/mol. The maximum absolute atomic E-state index is 5.57. The van der Waals surface area contributed by atoms with Crippen molar-refractivity contribution >= 4 is 0 Å². The monoisotopic (exact) mass is 263 g/mol. The second-order valence-electron chi connectivity index (χ2n) is 5.81. The molecular formula is C14H25N5. The average Bonchev–Trinajstić information content (AvgIpc) is 2.97. The van der Waals surface area contributed by atoms with Crippen LogP contribution in [0.15, 0.2) is 12.5 Å². The van der Waals surface area contributed by atoms with E-state index in [0.29, 0.717) is 6.54 Å². The standard InChI is InChI=1S/C14H25N5/c15-4-8-18-10-13(16-12-18)9-17-5-2-7-19-6-1-3-14(19)11-17/h10,12,14H,1-9,11,15H2. The van der Waals surface area contributed by atoms with Gasteiger partial charge in [-0.15, -0.1) is 0 Å². The molecule has 2 N–H and O–H groups in total. The van der Waals surface area contributed by atoms with Gasteiger partial charge in [0.1, 0.15) is 0 Å². The van der Waals surface area contributed by atoms with Crippen LogP contribution < -0.4 is 5.73 Å². The number of hydrogen-bond acceptors (Lipinski definition) is 4. The molecule has 0 saturated carbocycles. The third-order valence-corrected chi connectivity index (χ3v) is 4.35. The molecule has 0 spiro atoms. The van der Waals surface area contributed by atoms with Crippen molar-refractivity contribution in [2.45, 2.75) is 38.4 Å². The highest BCUT2D eigenvalue weighted by molar-refractivity contribution is 4.98. The molecule has 19 heavy (non-hydrogen) atoms. The summed E-state index contributed by atoms with van der Waals surface area (Å²) in [5, 5.41) is 0. The molecule has 2 fully saturated rings. The van der Waals surface area contributed by atoms with Crippen molar-refractivity contribution < 1.29 is 0 Å². The van der Waals surface area contributed by atoms with Gasteiger partial charge < -0.3 is 10.3 Å². The fourth-order valence-corrected chi connectivity index (χ4v) is 3.42. The lowest BCUT2D eigenvalue weighted by Gasteiger charge is -2.24. The summed E-state index contributed by atoms with van der Waals surface area (Å²) < 4.78 is 2.09. The Morgan fingerprint density at radius 1 is 1.26 bits per heavy atom. The first-order valence-corrected chi connectivity index (χ1v) is 7.52. The van der Waals surface area contributed by atoms with Gasteiger partial charge in [0.05, 0.1) is 12.0 Å². The first kappa shape index (κ1) is 13.1. The smallest absolute Gasteiger partial charge is 0.0950 e. The van der Waals surface area contributed by atoms with Gasteiger partial charge in [-0.2, -0.15) is 0 Å². The maximum Gasteiger partial charge on any atom is 0.0950 e. The molecule has 5 nitrogen and oxygen atoms in total. The fourth-order valence-electron chi connectivity index (χ4n) is 3.42. The van der Waals surface area contributed by atoms with Crippen LogP contribution in [0.5, 0.6) is 0 Å². The van der Waals surface area contributed by atoms with Crippen LogP contribution in [-0.2, 0) is 13.1 Å². The number of imidazole rings is 1. The van der Waals surface area contributed by atoms with Gasteiger partial charge in [-0.1, -0.05) is 0 Å². The van der Waals surface area contributed by atoms with E-state index in [4.69, 9.17) is 5.73 Å². The highest BCUT2D eigenvalue weighted by Crippen LogP contribution is 2.21. The molecule has 0 radical (unpaired) electrons. The summed E-state index contributed by atoms with van der Waals surface area (Å²) in [6.45, 7) is 7.54. The number of fused-ring (bicyclic) bond motifs is 1. The van der Waals surface area contributed by atoms with Gasteiger partial charge in [0.15, 0.2) is 0 Å². The molecule has 0 amide bonds. The van der Waals surface area contributed by atoms with E-state index in [-0.39, 0.29) is 0 Å². The van der Waals surface area contributed by atoms with Gasteiger partial charge >= 0.3 is 0 Å². The van der Waals surface area contributed by atoms with Crippen molar-refractivity contribution in [3.63, 3.8) is 0 Å². The summed E-state index contributed by atoms with van der Waals surface area (Å²) in [7, 11) is 0. The number of nitrogens with two attached hydrogens (primary N) is 1. The van der Waals surface area contributed by atoms with Gasteiger partial charge in [0.25, 0.3) is 0 Å². The van der Waals surface area contributed by atoms with Gasteiger partial charge in [0.2, 0.25) is 0 Å². The zero-order chi connectivity index (χ0) is 13.1. The molecule has 106 valence electrons. The summed E-state index contributed by atoms with van der Waals surface area (Å²) in [5.74, 6) is 0. The van der Waals surface area contributed by atoms with E-state index in [2.05, 4.69) is 25.5 Å². The molecule has 1 unspecified atom stereocenters. The predicted octanol–water partition coefficient (Wildman–Crippen LogP) is 0.512. The Hall–Kier alpha value is -0.910. The Labute approximate surface area is 115 Å². The highest BCUT2D eigenvalue weighted by atomic mass is 15.3. The van der Waals surface area contributed by atoms with Crippen LogP contribution in [-0.4, -0.2) is 58.1 Å². The third kappa shape index (κ3) is 3.16. The maximum atomic E-state index is 5.57. The molecule has 0 aliphatic carbocycles. The fraction of sp³-hybridized carbons (Fsp3) is 0.786. The van der Waals surface area contributed by atoms with Crippen molar-refractivity contribution in [3.05, 3.63) is 18.2 Å². The summed E-state index contributed by atoms with van der Waals surface area (Å²) in [4.78, 5) is 9.75. The zero-order valence-electron chi connectivity index (χ0n) is 11.7. The first-order valence-electron chi connectivity index (χ1n) is 7.52. The van der Waals surface area contributed by atoms with Crippen molar-refractivity contribution in [1.82, 2.24) is 19.4 Å². The van der Waals surface area contributed by atoms with E-state index >= 15 is 0 Å². The molecule has 0 aromatic carbocycles. The lowest BCUT2D eigenvalue weighted by Crippen LogP contribution is -2.36. The molecule has 2 aliphatic heterocycles. The molecule has 0 bridgehead atoms. The molecular weight excluding hydrogens is 238 g/mol. The minimum absolute atomic E-state index is 0.677. The number of nitrogens with zero attached hydrogens (tertiary/aromatic N) is 4. The van der Waals surface area contributed by atoms with Crippen LogP contribution in [0.1, 0.15) is 25.0 Å². The second-order valence-corrected chi connectivity index (χ2v) is 5.81. The molecule has 3 rings (SSSR count). The second kappa shape index (κ2) is 6.03. The topological polar surface area (TPSA) is 50.3 Å². The number of aromatic nitrogens is 2. The molecule has 1 atom stereocenters. The minimum Gasteiger partial charge on any atom is -0.336 e. The summed E-state index contributed by atoms with van der Waals surface area (Å²) in [5.41, 5.74) is 6.75. The molecule has 1 aromatic rings. The molecule has 2 saturated heterocycles. The van der Waals surface area contributed by atoms with Crippen LogP contribution >= 0.6 is 0 Å². The normalized spacial score (nSPS) is 25.4. The summed E-state index contributed by atoms with van der Waals surface area (Å²) in [6.07, 6.45) is 8.09. The van der Waals surface area contributed by atoms with Crippen molar-refractivity contribution in [1.29, 1.82) is 0 Å². The molecule has 5 heteroatoms. The molecule has 1 aromatic heterocycles. The summed E-state index contributed by atoms with van der Waals surface area (Å²) >= 11 is 0. The molecule has 2 aliphatic rings. The van der Waals surface area contributed by atoms with Crippen molar-refractivity contribution in [2.24, 2.45) is 5.73 Å². The summed E-state index contributed by atoms with van der Waals surface area (Å²) in [6, 6.07) is 0.786. The number of hydrogen-bond donors (Lipinski definition) is 1. The van der Waals surface area contributed by atoms with Crippen LogP contribution in [0.3, 0.4) is 0 Å². The van der Waals surface area contributed by atoms with Crippen LogP contribution in [0.25, 0.3) is 0 Å². The van der Waals surface area contributed by atoms with Crippen molar-refractivity contribution in [3.8, 4) is 0 Å². The first-order chi connectivity index (χ1) is 9.35. The highest BCUT2D eigenvalue weighted by Gasteiger charge is 2.28. The predicted molar refractivity (Wildman–Crippen MR) is 75.8 cm³/mol. The van der Waals surface area contributed by atoms with Gasteiger partial charge in [-0.25, -0.2) is 4.98 Å². The lowest BCUT2D eigenvalue weighted by atomic mass is 10.2. The Balaban J connectivity index is 1.58. The Morgan fingerprint density at radius 2 is 2.16 bits per heavy atom. The Bertz CT molecular complexity index is 402.